The van der Waals surface area contributed by atoms with Crippen LogP contribution in [0.5, 0.6) is 0 Å². The van der Waals surface area contributed by atoms with Crippen LogP contribution >= 0.6 is 0 Å². The Morgan fingerprint density at radius 2 is 1.95 bits per heavy atom. The summed E-state index contributed by atoms with van der Waals surface area (Å²) in [6.45, 7) is 6.12. The summed E-state index contributed by atoms with van der Waals surface area (Å²) in [6.07, 6.45) is 6.48. The lowest BCUT2D eigenvalue weighted by molar-refractivity contribution is 0.329. The van der Waals surface area contributed by atoms with Gasteiger partial charge < -0.3 is 16.0 Å². The van der Waals surface area contributed by atoms with Crippen LogP contribution in [-0.4, -0.2) is 37.6 Å². The summed E-state index contributed by atoms with van der Waals surface area (Å²) in [5, 5.41) is 3.52. The monoisotopic (exact) mass is 261 g/mol. The highest BCUT2D eigenvalue weighted by Gasteiger charge is 2.09. The number of unbranched alkanes of at least 4 members (excludes halogenated alkanes) is 1. The van der Waals surface area contributed by atoms with Crippen LogP contribution in [0.1, 0.15) is 31.2 Å². The van der Waals surface area contributed by atoms with E-state index >= 15 is 0 Å². The molecule has 0 saturated carbocycles. The molecule has 0 bridgehead atoms. The minimum Gasteiger partial charge on any atom is -0.399 e. The Morgan fingerprint density at radius 3 is 2.74 bits per heavy atom. The molecule has 0 radical (unpaired) electrons. The molecule has 0 spiro atoms. The van der Waals surface area contributed by atoms with Gasteiger partial charge in [0.2, 0.25) is 0 Å². The largest absolute Gasteiger partial charge is 0.399 e. The molecule has 3 N–H and O–H groups in total. The highest BCUT2D eigenvalue weighted by atomic mass is 15.1. The van der Waals surface area contributed by atoms with E-state index in [0.717, 1.165) is 25.2 Å². The lowest BCUT2D eigenvalue weighted by atomic mass is 10.1. The van der Waals surface area contributed by atoms with Crippen LogP contribution in [0.15, 0.2) is 24.3 Å². The van der Waals surface area contributed by atoms with Gasteiger partial charge in [-0.1, -0.05) is 12.1 Å². The topological polar surface area (TPSA) is 41.3 Å². The smallest absolute Gasteiger partial charge is 0.0316 e. The molecule has 1 aromatic carbocycles. The van der Waals surface area contributed by atoms with Gasteiger partial charge in [0.15, 0.2) is 0 Å². The van der Waals surface area contributed by atoms with Crippen LogP contribution in [0.25, 0.3) is 0 Å². The van der Waals surface area contributed by atoms with Gasteiger partial charge in [-0.2, -0.15) is 0 Å². The molecule has 0 aromatic heterocycles. The van der Waals surface area contributed by atoms with Gasteiger partial charge in [0, 0.05) is 5.69 Å². The van der Waals surface area contributed by atoms with E-state index in [2.05, 4.69) is 22.3 Å². The van der Waals surface area contributed by atoms with Crippen LogP contribution < -0.4 is 11.1 Å². The summed E-state index contributed by atoms with van der Waals surface area (Å²) in [6, 6.07) is 8.18. The summed E-state index contributed by atoms with van der Waals surface area (Å²) < 4.78 is 0. The number of nitrogen functional groups attached to an aromatic ring is 1. The lowest BCUT2D eigenvalue weighted by Gasteiger charge is -2.14. The second-order valence-electron chi connectivity index (χ2n) is 5.50. The van der Waals surface area contributed by atoms with Crippen LogP contribution in [0.2, 0.25) is 0 Å². The first-order valence-electron chi connectivity index (χ1n) is 7.62. The molecule has 2 rings (SSSR count). The first-order chi connectivity index (χ1) is 9.34. The van der Waals surface area contributed by atoms with Gasteiger partial charge in [0.05, 0.1) is 0 Å². The Hall–Kier alpha value is -1.06. The standard InChI is InChI=1S/C16H27N3/c17-16-7-5-6-15(14-16)8-10-18-9-1-2-11-19-12-3-4-13-19/h5-7,14,18H,1-4,8-13,17H2. The van der Waals surface area contributed by atoms with Crippen molar-refractivity contribution in [1.82, 2.24) is 10.2 Å². The minimum atomic E-state index is 0.864. The van der Waals surface area contributed by atoms with Gasteiger partial charge in [-0.15, -0.1) is 0 Å². The highest BCUT2D eigenvalue weighted by Crippen LogP contribution is 2.08. The number of likely N-dealkylation sites (tertiary alicyclic amines) is 1. The van der Waals surface area contributed by atoms with E-state index in [1.807, 2.05) is 12.1 Å². The highest BCUT2D eigenvalue weighted by molar-refractivity contribution is 5.40. The normalized spacial score (nSPS) is 16.0. The maximum Gasteiger partial charge on any atom is 0.0316 e. The number of nitrogens with two attached hydrogens (primary N) is 1. The second-order valence-corrected chi connectivity index (χ2v) is 5.50. The Balaban J connectivity index is 1.46. The second kappa shape index (κ2) is 8.18. The zero-order valence-electron chi connectivity index (χ0n) is 11.9. The molecule has 0 aliphatic carbocycles. The van der Waals surface area contributed by atoms with Crippen LogP contribution in [-0.2, 0) is 6.42 Å². The van der Waals surface area contributed by atoms with Crippen molar-refractivity contribution < 1.29 is 0 Å². The first kappa shape index (κ1) is 14.4. The van der Waals surface area contributed by atoms with Crippen molar-refractivity contribution in [2.75, 3.05) is 38.5 Å². The molecule has 1 aliphatic rings. The third-order valence-corrected chi connectivity index (χ3v) is 3.82. The summed E-state index contributed by atoms with van der Waals surface area (Å²) in [5.41, 5.74) is 7.95. The summed E-state index contributed by atoms with van der Waals surface area (Å²) in [5.74, 6) is 0. The predicted molar refractivity (Wildman–Crippen MR) is 82.3 cm³/mol. The number of hydrogen-bond donors (Lipinski definition) is 2. The third-order valence-electron chi connectivity index (χ3n) is 3.82. The number of anilines is 1. The first-order valence-corrected chi connectivity index (χ1v) is 7.62. The average molecular weight is 261 g/mol. The quantitative estimate of drug-likeness (QED) is 0.557. The van der Waals surface area contributed by atoms with Gasteiger partial charge in [0.1, 0.15) is 0 Å². The van der Waals surface area contributed by atoms with Crippen molar-refractivity contribution in [1.29, 1.82) is 0 Å². The number of hydrogen-bond acceptors (Lipinski definition) is 3. The molecule has 0 unspecified atom stereocenters. The molecule has 1 aromatic rings. The van der Waals surface area contributed by atoms with E-state index in [1.54, 1.807) is 0 Å². The molecule has 1 heterocycles. The fourth-order valence-corrected chi connectivity index (χ4v) is 2.70. The van der Waals surface area contributed by atoms with E-state index in [9.17, 15) is 0 Å². The predicted octanol–water partition coefficient (Wildman–Crippen LogP) is 2.28. The van der Waals surface area contributed by atoms with Gasteiger partial charge in [-0.05, 0) is 82.5 Å². The Kier molecular flexibility index (Phi) is 6.18. The molecule has 19 heavy (non-hydrogen) atoms. The van der Waals surface area contributed by atoms with Crippen molar-refractivity contribution >= 4 is 5.69 Å². The fourth-order valence-electron chi connectivity index (χ4n) is 2.70. The lowest BCUT2D eigenvalue weighted by Crippen LogP contribution is -2.23. The molecule has 1 saturated heterocycles. The summed E-state index contributed by atoms with van der Waals surface area (Å²) >= 11 is 0. The Bertz CT molecular complexity index is 359. The zero-order chi connectivity index (χ0) is 13.3. The van der Waals surface area contributed by atoms with Crippen molar-refractivity contribution in [2.45, 2.75) is 32.1 Å². The Labute approximate surface area is 117 Å². The van der Waals surface area contributed by atoms with Crippen LogP contribution in [0, 0.1) is 0 Å². The van der Waals surface area contributed by atoms with Crippen molar-refractivity contribution in [2.24, 2.45) is 0 Å². The fraction of sp³-hybridized carbons (Fsp3) is 0.625. The van der Waals surface area contributed by atoms with E-state index in [1.165, 1.54) is 50.9 Å². The molecule has 106 valence electrons. The summed E-state index contributed by atoms with van der Waals surface area (Å²) in [4.78, 5) is 2.59. The molecular formula is C16H27N3. The maximum absolute atomic E-state index is 5.76. The minimum absolute atomic E-state index is 0.864. The van der Waals surface area contributed by atoms with Crippen molar-refractivity contribution in [3.8, 4) is 0 Å². The van der Waals surface area contributed by atoms with Crippen molar-refractivity contribution in [3.63, 3.8) is 0 Å². The van der Waals surface area contributed by atoms with E-state index in [4.69, 9.17) is 5.73 Å². The third kappa shape index (κ3) is 5.62. The SMILES string of the molecule is Nc1cccc(CCNCCCCN2CCCC2)c1. The molecule has 0 amide bonds. The molecule has 1 fully saturated rings. The molecule has 3 heteroatoms. The molecule has 3 nitrogen and oxygen atoms in total. The molecule has 0 atom stereocenters. The van der Waals surface area contributed by atoms with Crippen LogP contribution in [0.3, 0.4) is 0 Å². The van der Waals surface area contributed by atoms with Gasteiger partial charge in [-0.25, -0.2) is 0 Å². The maximum atomic E-state index is 5.76. The summed E-state index contributed by atoms with van der Waals surface area (Å²) in [7, 11) is 0. The average Bonchev–Trinajstić information content (AvgIpc) is 2.91. The van der Waals surface area contributed by atoms with Crippen molar-refractivity contribution in [3.05, 3.63) is 29.8 Å². The van der Waals surface area contributed by atoms with Gasteiger partial charge in [-0.3, -0.25) is 0 Å². The molecule has 1 aliphatic heterocycles. The number of benzene rings is 1. The number of nitrogens with one attached hydrogen (secondary N) is 1. The zero-order valence-corrected chi connectivity index (χ0v) is 11.9. The van der Waals surface area contributed by atoms with Gasteiger partial charge in [0.25, 0.3) is 0 Å². The number of nitrogens with zero attached hydrogens (tertiary/aromatic N) is 1. The number of rotatable bonds is 8. The molecular weight excluding hydrogens is 234 g/mol. The van der Waals surface area contributed by atoms with E-state index in [0.29, 0.717) is 0 Å². The van der Waals surface area contributed by atoms with E-state index < -0.39 is 0 Å². The van der Waals surface area contributed by atoms with Crippen LogP contribution in [0.4, 0.5) is 5.69 Å². The van der Waals surface area contributed by atoms with E-state index in [-0.39, 0.29) is 0 Å². The van der Waals surface area contributed by atoms with Gasteiger partial charge >= 0.3 is 0 Å². The Morgan fingerprint density at radius 1 is 1.11 bits per heavy atom.